The molecule has 132 valence electrons. The highest BCUT2D eigenvalue weighted by molar-refractivity contribution is 5.76. The quantitative estimate of drug-likeness (QED) is 0.908. The number of piperidine rings is 1. The molecule has 5 heteroatoms. The SMILES string of the molecule is Cc1cccc(N2CCN(CCC(=O)N3CCC[C@@H](O)C3)CC2)c1. The van der Waals surface area contributed by atoms with Crippen LogP contribution in [0.3, 0.4) is 0 Å². The van der Waals surface area contributed by atoms with Gasteiger partial charge in [-0.25, -0.2) is 0 Å². The third-order valence-electron chi connectivity index (χ3n) is 5.13. The Balaban J connectivity index is 1.41. The van der Waals surface area contributed by atoms with Crippen LogP contribution in [0.4, 0.5) is 5.69 Å². The number of β-amino-alcohol motifs (C(OH)–C–C–N with tert-alkyl or cyclic N) is 1. The van der Waals surface area contributed by atoms with Crippen molar-refractivity contribution >= 4 is 11.6 Å². The lowest BCUT2D eigenvalue weighted by Crippen LogP contribution is -2.48. The van der Waals surface area contributed by atoms with Crippen LogP contribution >= 0.6 is 0 Å². The van der Waals surface area contributed by atoms with Gasteiger partial charge in [0.25, 0.3) is 0 Å². The third-order valence-corrected chi connectivity index (χ3v) is 5.13. The molecule has 0 saturated carbocycles. The monoisotopic (exact) mass is 331 g/mol. The number of likely N-dealkylation sites (tertiary alicyclic amines) is 1. The molecule has 2 aliphatic rings. The molecular weight excluding hydrogens is 302 g/mol. The fourth-order valence-electron chi connectivity index (χ4n) is 3.65. The van der Waals surface area contributed by atoms with Gasteiger partial charge < -0.3 is 14.9 Å². The molecule has 24 heavy (non-hydrogen) atoms. The van der Waals surface area contributed by atoms with Crippen molar-refractivity contribution in [2.75, 3.05) is 50.7 Å². The highest BCUT2D eigenvalue weighted by atomic mass is 16.3. The second-order valence-electron chi connectivity index (χ2n) is 7.05. The van der Waals surface area contributed by atoms with Gasteiger partial charge in [-0.05, 0) is 37.5 Å². The molecule has 1 aromatic rings. The van der Waals surface area contributed by atoms with E-state index in [2.05, 4.69) is 41.0 Å². The van der Waals surface area contributed by atoms with E-state index in [1.807, 2.05) is 4.90 Å². The summed E-state index contributed by atoms with van der Waals surface area (Å²) in [7, 11) is 0. The summed E-state index contributed by atoms with van der Waals surface area (Å²) < 4.78 is 0. The van der Waals surface area contributed by atoms with Crippen LogP contribution in [-0.4, -0.2) is 72.7 Å². The van der Waals surface area contributed by atoms with Crippen molar-refractivity contribution < 1.29 is 9.90 Å². The maximum absolute atomic E-state index is 12.3. The summed E-state index contributed by atoms with van der Waals surface area (Å²) >= 11 is 0. The van der Waals surface area contributed by atoms with E-state index in [0.717, 1.165) is 52.1 Å². The maximum Gasteiger partial charge on any atom is 0.223 e. The summed E-state index contributed by atoms with van der Waals surface area (Å²) in [5.74, 6) is 0.190. The number of aliphatic hydroxyl groups is 1. The van der Waals surface area contributed by atoms with Crippen molar-refractivity contribution in [3.8, 4) is 0 Å². The zero-order valence-electron chi connectivity index (χ0n) is 14.7. The fraction of sp³-hybridized carbons (Fsp3) is 0.632. The molecule has 1 N–H and O–H groups in total. The molecule has 1 aromatic carbocycles. The largest absolute Gasteiger partial charge is 0.391 e. The molecule has 0 spiro atoms. The van der Waals surface area contributed by atoms with Crippen molar-refractivity contribution in [1.82, 2.24) is 9.80 Å². The van der Waals surface area contributed by atoms with Gasteiger partial charge in [0.05, 0.1) is 6.10 Å². The number of hydrogen-bond acceptors (Lipinski definition) is 4. The number of aliphatic hydroxyl groups excluding tert-OH is 1. The molecule has 0 bridgehead atoms. The van der Waals surface area contributed by atoms with Gasteiger partial charge in [-0.15, -0.1) is 0 Å². The standard InChI is InChI=1S/C19H29N3O2/c1-16-4-2-5-17(14-16)21-12-10-20(11-13-21)9-7-19(24)22-8-3-6-18(23)15-22/h2,4-5,14,18,23H,3,6-13,15H2,1H3/t18-/m1/s1. The Bertz CT molecular complexity index is 555. The molecule has 0 radical (unpaired) electrons. The number of benzene rings is 1. The summed E-state index contributed by atoms with van der Waals surface area (Å²) in [4.78, 5) is 18.9. The number of aryl methyl sites for hydroxylation is 1. The van der Waals surface area contributed by atoms with E-state index >= 15 is 0 Å². The smallest absolute Gasteiger partial charge is 0.223 e. The van der Waals surface area contributed by atoms with Crippen molar-refractivity contribution in [3.63, 3.8) is 0 Å². The van der Waals surface area contributed by atoms with Crippen LogP contribution in [0.2, 0.25) is 0 Å². The van der Waals surface area contributed by atoms with Gasteiger partial charge in [-0.2, -0.15) is 0 Å². The Labute approximate surface area is 144 Å². The minimum Gasteiger partial charge on any atom is -0.391 e. The highest BCUT2D eigenvalue weighted by Gasteiger charge is 2.23. The topological polar surface area (TPSA) is 47.0 Å². The minimum atomic E-state index is -0.333. The number of rotatable bonds is 4. The van der Waals surface area contributed by atoms with Gasteiger partial charge in [-0.1, -0.05) is 12.1 Å². The van der Waals surface area contributed by atoms with Crippen LogP contribution < -0.4 is 4.90 Å². The number of hydrogen-bond donors (Lipinski definition) is 1. The average Bonchev–Trinajstić information content (AvgIpc) is 2.60. The van der Waals surface area contributed by atoms with E-state index in [0.29, 0.717) is 13.0 Å². The summed E-state index contributed by atoms with van der Waals surface area (Å²) in [6.45, 7) is 8.31. The number of amides is 1. The summed E-state index contributed by atoms with van der Waals surface area (Å²) in [6, 6.07) is 8.65. The average molecular weight is 331 g/mol. The highest BCUT2D eigenvalue weighted by Crippen LogP contribution is 2.18. The molecule has 1 amide bonds. The van der Waals surface area contributed by atoms with Gasteiger partial charge in [0.2, 0.25) is 5.91 Å². The predicted molar refractivity (Wildman–Crippen MR) is 96.3 cm³/mol. The number of nitrogens with zero attached hydrogens (tertiary/aromatic N) is 3. The first-order valence-electron chi connectivity index (χ1n) is 9.11. The molecule has 5 nitrogen and oxygen atoms in total. The van der Waals surface area contributed by atoms with E-state index in [1.165, 1.54) is 11.3 Å². The molecule has 0 aliphatic carbocycles. The second-order valence-corrected chi connectivity index (χ2v) is 7.05. The number of carbonyl (C=O) groups is 1. The van der Waals surface area contributed by atoms with Crippen molar-refractivity contribution in [2.45, 2.75) is 32.3 Å². The van der Waals surface area contributed by atoms with E-state index in [4.69, 9.17) is 0 Å². The van der Waals surface area contributed by atoms with Crippen LogP contribution in [0.15, 0.2) is 24.3 Å². The number of carbonyl (C=O) groups excluding carboxylic acids is 1. The zero-order chi connectivity index (χ0) is 16.9. The van der Waals surface area contributed by atoms with E-state index in [9.17, 15) is 9.90 Å². The van der Waals surface area contributed by atoms with Crippen LogP contribution in [0, 0.1) is 6.92 Å². The Morgan fingerprint density at radius 1 is 1.21 bits per heavy atom. The molecule has 2 fully saturated rings. The lowest BCUT2D eigenvalue weighted by Gasteiger charge is -2.36. The van der Waals surface area contributed by atoms with Gasteiger partial charge >= 0.3 is 0 Å². The molecule has 2 heterocycles. The van der Waals surface area contributed by atoms with E-state index in [1.54, 1.807) is 0 Å². The summed E-state index contributed by atoms with van der Waals surface area (Å²) in [6.07, 6.45) is 1.98. The van der Waals surface area contributed by atoms with Gasteiger partial charge in [0.15, 0.2) is 0 Å². The lowest BCUT2D eigenvalue weighted by molar-refractivity contribution is -0.134. The minimum absolute atomic E-state index is 0.190. The second kappa shape index (κ2) is 7.99. The molecule has 1 atom stereocenters. The molecule has 0 unspecified atom stereocenters. The van der Waals surface area contributed by atoms with Crippen LogP contribution in [0.5, 0.6) is 0 Å². The normalized spacial score (nSPS) is 22.7. The fourth-order valence-corrected chi connectivity index (χ4v) is 3.65. The van der Waals surface area contributed by atoms with Crippen LogP contribution in [0.1, 0.15) is 24.8 Å². The molecule has 3 rings (SSSR count). The predicted octanol–water partition coefficient (Wildman–Crippen LogP) is 1.49. The Kier molecular flexibility index (Phi) is 5.74. The van der Waals surface area contributed by atoms with E-state index in [-0.39, 0.29) is 12.0 Å². The van der Waals surface area contributed by atoms with E-state index < -0.39 is 0 Å². The van der Waals surface area contributed by atoms with Crippen molar-refractivity contribution in [2.24, 2.45) is 0 Å². The first-order valence-corrected chi connectivity index (χ1v) is 9.11. The third kappa shape index (κ3) is 4.48. The first kappa shape index (κ1) is 17.2. The van der Waals surface area contributed by atoms with Crippen LogP contribution in [-0.2, 0) is 4.79 Å². The lowest BCUT2D eigenvalue weighted by atomic mass is 10.1. The molecule has 2 aliphatic heterocycles. The molecular formula is C19H29N3O2. The summed E-state index contributed by atoms with van der Waals surface area (Å²) in [5.41, 5.74) is 2.59. The Morgan fingerprint density at radius 2 is 2.00 bits per heavy atom. The van der Waals surface area contributed by atoms with Crippen molar-refractivity contribution in [1.29, 1.82) is 0 Å². The van der Waals surface area contributed by atoms with Gasteiger partial charge in [0.1, 0.15) is 0 Å². The summed E-state index contributed by atoms with van der Waals surface area (Å²) in [5, 5.41) is 9.69. The van der Waals surface area contributed by atoms with Crippen LogP contribution in [0.25, 0.3) is 0 Å². The number of anilines is 1. The maximum atomic E-state index is 12.3. The van der Waals surface area contributed by atoms with Gasteiger partial charge in [0, 0.05) is 57.9 Å². The molecule has 0 aromatic heterocycles. The zero-order valence-corrected chi connectivity index (χ0v) is 14.7. The number of piperazine rings is 1. The Hall–Kier alpha value is -1.59. The first-order chi connectivity index (χ1) is 11.6. The Morgan fingerprint density at radius 3 is 2.71 bits per heavy atom. The van der Waals surface area contributed by atoms with Crippen molar-refractivity contribution in [3.05, 3.63) is 29.8 Å². The van der Waals surface area contributed by atoms with Gasteiger partial charge in [-0.3, -0.25) is 9.69 Å². The molecule has 2 saturated heterocycles.